The monoisotopic (exact) mass is 305 g/mol. The molecule has 0 aliphatic carbocycles. The zero-order valence-electron chi connectivity index (χ0n) is 12.1. The molecular weight excluding hydrogens is 286 g/mol. The Labute approximate surface area is 128 Å². The van der Waals surface area contributed by atoms with Crippen molar-refractivity contribution in [3.05, 3.63) is 40.9 Å². The zero-order chi connectivity index (χ0) is 15.2. The van der Waals surface area contributed by atoms with Crippen LogP contribution in [0.15, 0.2) is 30.3 Å². The van der Waals surface area contributed by atoms with Crippen molar-refractivity contribution in [2.45, 2.75) is 19.4 Å². The van der Waals surface area contributed by atoms with Crippen LogP contribution in [-0.2, 0) is 6.42 Å². The molecule has 2 rings (SSSR count). The van der Waals surface area contributed by atoms with E-state index in [0.29, 0.717) is 16.7 Å². The number of benzene rings is 1. The number of likely N-dealkylation sites (N-methyl/N-ethyl adjacent to an activating group) is 1. The summed E-state index contributed by atoms with van der Waals surface area (Å²) in [5.41, 5.74) is 6.75. The van der Waals surface area contributed by atoms with Gasteiger partial charge in [-0.25, -0.2) is 4.79 Å². The second kappa shape index (κ2) is 7.03. The second-order valence-corrected chi connectivity index (χ2v) is 5.85. The fraction of sp³-hybridized carbons (Fsp3) is 0.357. The van der Waals surface area contributed by atoms with Gasteiger partial charge in [0.05, 0.1) is 6.04 Å². The van der Waals surface area contributed by atoms with E-state index in [1.54, 1.807) is 11.9 Å². The average molecular weight is 305 g/mol. The molecule has 0 aliphatic heterocycles. The normalized spacial score (nSPS) is 11.9. The molecule has 0 saturated carbocycles. The van der Waals surface area contributed by atoms with Gasteiger partial charge in [-0.05, 0) is 18.9 Å². The lowest BCUT2D eigenvalue weighted by Crippen LogP contribution is -2.39. The Morgan fingerprint density at radius 1 is 1.38 bits per heavy atom. The summed E-state index contributed by atoms with van der Waals surface area (Å²) in [6.07, 6.45) is 0.824. The lowest BCUT2D eigenvalue weighted by molar-refractivity contribution is 0.206. The van der Waals surface area contributed by atoms with Gasteiger partial charge in [0.15, 0.2) is 0 Å². The lowest BCUT2D eigenvalue weighted by Gasteiger charge is -2.20. The lowest BCUT2D eigenvalue weighted by atomic mass is 10.1. The van der Waals surface area contributed by atoms with Crippen molar-refractivity contribution < 1.29 is 4.79 Å². The van der Waals surface area contributed by atoms with Crippen molar-refractivity contribution in [2.24, 2.45) is 0 Å². The Morgan fingerprint density at radius 2 is 2.10 bits per heavy atom. The van der Waals surface area contributed by atoms with Crippen LogP contribution in [0.5, 0.6) is 0 Å². The van der Waals surface area contributed by atoms with Crippen molar-refractivity contribution in [1.29, 1.82) is 0 Å². The molecular formula is C14H19N5OS. The van der Waals surface area contributed by atoms with Gasteiger partial charge in [0.2, 0.25) is 5.13 Å². The fourth-order valence-electron chi connectivity index (χ4n) is 1.82. The number of amides is 2. The molecule has 21 heavy (non-hydrogen) atoms. The first-order valence-corrected chi connectivity index (χ1v) is 7.52. The van der Waals surface area contributed by atoms with Gasteiger partial charge < -0.3 is 16.0 Å². The predicted molar refractivity (Wildman–Crippen MR) is 84.0 cm³/mol. The van der Waals surface area contributed by atoms with E-state index in [0.717, 1.165) is 6.42 Å². The molecule has 1 aromatic heterocycles. The summed E-state index contributed by atoms with van der Waals surface area (Å²) in [5.74, 6) is 0. The van der Waals surface area contributed by atoms with Gasteiger partial charge in [-0.3, -0.25) is 0 Å². The highest BCUT2D eigenvalue weighted by Gasteiger charge is 2.16. The average Bonchev–Trinajstić information content (AvgIpc) is 2.92. The quantitative estimate of drug-likeness (QED) is 0.885. The third-order valence-corrected chi connectivity index (χ3v) is 4.03. The van der Waals surface area contributed by atoms with Gasteiger partial charge in [0.25, 0.3) is 0 Å². The minimum absolute atomic E-state index is 0.132. The Balaban J connectivity index is 1.82. The summed E-state index contributed by atoms with van der Waals surface area (Å²) in [6, 6.07) is 9.75. The molecule has 6 nitrogen and oxygen atoms in total. The number of hydrogen-bond acceptors (Lipinski definition) is 5. The van der Waals surface area contributed by atoms with Crippen molar-refractivity contribution in [2.75, 3.05) is 19.3 Å². The van der Waals surface area contributed by atoms with Crippen molar-refractivity contribution >= 4 is 22.5 Å². The minimum atomic E-state index is -0.202. The van der Waals surface area contributed by atoms with Crippen molar-refractivity contribution in [1.82, 2.24) is 20.4 Å². The molecule has 2 aromatic rings. The van der Waals surface area contributed by atoms with E-state index in [2.05, 4.69) is 27.6 Å². The number of nitrogen functional groups attached to an aromatic ring is 1. The van der Waals surface area contributed by atoms with Gasteiger partial charge in [-0.15, -0.1) is 10.2 Å². The highest BCUT2D eigenvalue weighted by molar-refractivity contribution is 7.15. The third kappa shape index (κ3) is 4.42. The molecule has 0 bridgehead atoms. The van der Waals surface area contributed by atoms with Gasteiger partial charge in [-0.1, -0.05) is 41.7 Å². The first-order chi connectivity index (χ1) is 10.1. The Morgan fingerprint density at radius 3 is 2.71 bits per heavy atom. The van der Waals surface area contributed by atoms with E-state index >= 15 is 0 Å². The number of hydrogen-bond donors (Lipinski definition) is 2. The van der Waals surface area contributed by atoms with Crippen LogP contribution < -0.4 is 11.1 Å². The van der Waals surface area contributed by atoms with Crippen LogP contribution in [0, 0.1) is 0 Å². The number of aromatic nitrogens is 2. The van der Waals surface area contributed by atoms with Crippen LogP contribution in [0.4, 0.5) is 9.93 Å². The van der Waals surface area contributed by atoms with Gasteiger partial charge in [0, 0.05) is 13.6 Å². The topological polar surface area (TPSA) is 84.1 Å². The number of nitrogens with two attached hydrogens (primary N) is 1. The van der Waals surface area contributed by atoms with E-state index in [1.165, 1.54) is 16.9 Å². The maximum Gasteiger partial charge on any atom is 0.317 e. The van der Waals surface area contributed by atoms with Crippen LogP contribution in [-0.4, -0.2) is 34.7 Å². The maximum absolute atomic E-state index is 12.1. The van der Waals surface area contributed by atoms with Crippen LogP contribution in [0.25, 0.3) is 0 Å². The van der Waals surface area contributed by atoms with Crippen LogP contribution in [0.3, 0.4) is 0 Å². The molecule has 0 radical (unpaired) electrons. The van der Waals surface area contributed by atoms with Crippen LogP contribution >= 0.6 is 11.3 Å². The van der Waals surface area contributed by atoms with E-state index in [4.69, 9.17) is 5.73 Å². The predicted octanol–water partition coefficient (Wildman–Crippen LogP) is 2.07. The molecule has 0 aliphatic rings. The molecule has 112 valence electrons. The molecule has 3 N–H and O–H groups in total. The van der Waals surface area contributed by atoms with Gasteiger partial charge >= 0.3 is 6.03 Å². The molecule has 2 amide bonds. The molecule has 0 spiro atoms. The smallest absolute Gasteiger partial charge is 0.317 e. The van der Waals surface area contributed by atoms with E-state index in [-0.39, 0.29) is 12.1 Å². The number of nitrogens with one attached hydrogen (secondary N) is 1. The molecule has 1 atom stereocenters. The number of anilines is 1. The SMILES string of the molecule is C[C@H](NC(=O)N(C)CCc1ccccc1)c1nnc(N)s1. The van der Waals surface area contributed by atoms with Crippen molar-refractivity contribution in [3.8, 4) is 0 Å². The van der Waals surface area contributed by atoms with E-state index in [9.17, 15) is 4.79 Å². The first kappa shape index (κ1) is 15.2. The summed E-state index contributed by atoms with van der Waals surface area (Å²) >= 11 is 1.28. The molecule has 0 fully saturated rings. The number of rotatable bonds is 5. The van der Waals surface area contributed by atoms with E-state index < -0.39 is 0 Å². The minimum Gasteiger partial charge on any atom is -0.374 e. The number of carbonyl (C=O) groups is 1. The zero-order valence-corrected chi connectivity index (χ0v) is 12.9. The number of urea groups is 1. The van der Waals surface area contributed by atoms with Crippen LogP contribution in [0.1, 0.15) is 23.5 Å². The summed E-state index contributed by atoms with van der Waals surface area (Å²) in [4.78, 5) is 13.8. The number of carbonyl (C=O) groups excluding carboxylic acids is 1. The largest absolute Gasteiger partial charge is 0.374 e. The number of nitrogens with zero attached hydrogens (tertiary/aromatic N) is 3. The van der Waals surface area contributed by atoms with Crippen LogP contribution in [0.2, 0.25) is 0 Å². The third-order valence-electron chi connectivity index (χ3n) is 3.09. The fourth-order valence-corrected chi connectivity index (χ4v) is 2.43. The Bertz CT molecular complexity index is 586. The first-order valence-electron chi connectivity index (χ1n) is 6.70. The molecule has 0 unspecified atom stereocenters. The van der Waals surface area contributed by atoms with Gasteiger partial charge in [0.1, 0.15) is 5.01 Å². The summed E-state index contributed by atoms with van der Waals surface area (Å²) < 4.78 is 0. The Hall–Kier alpha value is -2.15. The Kier molecular flexibility index (Phi) is 5.10. The van der Waals surface area contributed by atoms with Crippen molar-refractivity contribution in [3.63, 3.8) is 0 Å². The molecule has 1 aromatic carbocycles. The van der Waals surface area contributed by atoms with E-state index in [1.807, 2.05) is 25.1 Å². The summed E-state index contributed by atoms with van der Waals surface area (Å²) in [7, 11) is 1.78. The molecule has 7 heteroatoms. The van der Waals surface area contributed by atoms with Gasteiger partial charge in [-0.2, -0.15) is 0 Å². The highest BCUT2D eigenvalue weighted by Crippen LogP contribution is 2.18. The standard InChI is InChI=1S/C14H19N5OS/c1-10(12-17-18-13(15)21-12)16-14(20)19(2)9-8-11-6-4-3-5-7-11/h3-7,10H,8-9H2,1-2H3,(H2,15,18)(H,16,20)/t10-/m0/s1. The molecule has 1 heterocycles. The maximum atomic E-state index is 12.1. The molecule has 0 saturated heterocycles. The second-order valence-electron chi connectivity index (χ2n) is 4.81. The summed E-state index contributed by atoms with van der Waals surface area (Å²) in [5, 5.41) is 11.7. The highest BCUT2D eigenvalue weighted by atomic mass is 32.1. The summed E-state index contributed by atoms with van der Waals surface area (Å²) in [6.45, 7) is 2.52.